The van der Waals surface area contributed by atoms with Gasteiger partial charge in [-0.05, 0) is 25.5 Å². The molecule has 1 aromatic carbocycles. The fourth-order valence-corrected chi connectivity index (χ4v) is 2.13. The van der Waals surface area contributed by atoms with Crippen LogP contribution in [0.25, 0.3) is 0 Å². The standard InChI is InChI=1S/C15H22N2O3/c1-4-15(2,16)14(18)17(3)9-11-10-19-12-7-5-6-8-13(12)20-11/h5-8,11H,4,9-10,16H2,1-3H3. The summed E-state index contributed by atoms with van der Waals surface area (Å²) in [5.74, 6) is 1.38. The zero-order valence-electron chi connectivity index (χ0n) is 12.3. The Hall–Kier alpha value is -1.75. The van der Waals surface area contributed by atoms with Crippen LogP contribution < -0.4 is 15.2 Å². The molecule has 1 aliphatic rings. The summed E-state index contributed by atoms with van der Waals surface area (Å²) in [6, 6.07) is 7.53. The molecule has 5 nitrogen and oxygen atoms in total. The average Bonchev–Trinajstić information content (AvgIpc) is 2.46. The van der Waals surface area contributed by atoms with Gasteiger partial charge in [0.1, 0.15) is 6.61 Å². The summed E-state index contributed by atoms with van der Waals surface area (Å²) in [5.41, 5.74) is 5.15. The SMILES string of the molecule is CCC(C)(N)C(=O)N(C)CC1COc2ccccc2O1. The van der Waals surface area contributed by atoms with E-state index in [1.165, 1.54) is 0 Å². The molecular weight excluding hydrogens is 256 g/mol. The monoisotopic (exact) mass is 278 g/mol. The molecule has 5 heteroatoms. The Morgan fingerprint density at radius 1 is 1.45 bits per heavy atom. The highest BCUT2D eigenvalue weighted by atomic mass is 16.6. The number of amides is 1. The van der Waals surface area contributed by atoms with Crippen molar-refractivity contribution in [2.75, 3.05) is 20.2 Å². The van der Waals surface area contributed by atoms with Gasteiger partial charge in [0, 0.05) is 7.05 Å². The number of nitrogens with two attached hydrogens (primary N) is 1. The maximum Gasteiger partial charge on any atom is 0.242 e. The summed E-state index contributed by atoms with van der Waals surface area (Å²) >= 11 is 0. The highest BCUT2D eigenvalue weighted by molar-refractivity contribution is 5.85. The fraction of sp³-hybridized carbons (Fsp3) is 0.533. The second-order valence-corrected chi connectivity index (χ2v) is 5.45. The molecule has 0 saturated heterocycles. The zero-order chi connectivity index (χ0) is 14.8. The van der Waals surface area contributed by atoms with E-state index in [4.69, 9.17) is 15.2 Å². The van der Waals surface area contributed by atoms with Crippen LogP contribution in [0, 0.1) is 0 Å². The minimum atomic E-state index is -0.831. The molecule has 1 aliphatic heterocycles. The molecule has 20 heavy (non-hydrogen) atoms. The molecule has 0 spiro atoms. The highest BCUT2D eigenvalue weighted by Crippen LogP contribution is 2.31. The third kappa shape index (κ3) is 3.04. The first-order valence-electron chi connectivity index (χ1n) is 6.87. The lowest BCUT2D eigenvalue weighted by molar-refractivity contribution is -0.136. The number of carbonyl (C=O) groups excluding carboxylic acids is 1. The lowest BCUT2D eigenvalue weighted by Gasteiger charge is -2.33. The van der Waals surface area contributed by atoms with E-state index < -0.39 is 5.54 Å². The summed E-state index contributed by atoms with van der Waals surface area (Å²) in [7, 11) is 1.74. The quantitative estimate of drug-likeness (QED) is 0.904. The smallest absolute Gasteiger partial charge is 0.242 e. The van der Waals surface area contributed by atoms with Gasteiger partial charge >= 0.3 is 0 Å². The molecule has 0 fully saturated rings. The molecule has 2 N–H and O–H groups in total. The van der Waals surface area contributed by atoms with E-state index in [0.717, 1.165) is 11.5 Å². The van der Waals surface area contributed by atoms with Crippen LogP contribution in [0.5, 0.6) is 11.5 Å². The molecule has 0 radical (unpaired) electrons. The normalized spacial score (nSPS) is 20.1. The first kappa shape index (κ1) is 14.7. The van der Waals surface area contributed by atoms with Gasteiger partial charge in [-0.25, -0.2) is 0 Å². The van der Waals surface area contributed by atoms with E-state index in [-0.39, 0.29) is 12.0 Å². The minimum absolute atomic E-state index is 0.0811. The van der Waals surface area contributed by atoms with Crippen molar-refractivity contribution in [1.29, 1.82) is 0 Å². The number of likely N-dealkylation sites (N-methyl/N-ethyl adjacent to an activating group) is 1. The van der Waals surface area contributed by atoms with E-state index in [2.05, 4.69) is 0 Å². The summed E-state index contributed by atoms with van der Waals surface area (Å²) in [6.07, 6.45) is 0.424. The topological polar surface area (TPSA) is 64.8 Å². The van der Waals surface area contributed by atoms with Crippen molar-refractivity contribution in [2.45, 2.75) is 31.9 Å². The Labute approximate surface area is 119 Å². The third-order valence-corrected chi connectivity index (χ3v) is 3.61. The van der Waals surface area contributed by atoms with E-state index in [9.17, 15) is 4.79 Å². The first-order valence-corrected chi connectivity index (χ1v) is 6.87. The Morgan fingerprint density at radius 3 is 2.75 bits per heavy atom. The van der Waals surface area contributed by atoms with Gasteiger partial charge in [-0.2, -0.15) is 0 Å². The molecule has 2 atom stereocenters. The number of benzene rings is 1. The number of nitrogens with zero attached hydrogens (tertiary/aromatic N) is 1. The predicted octanol–water partition coefficient (Wildman–Crippen LogP) is 1.41. The molecule has 0 aliphatic carbocycles. The molecular formula is C15H22N2O3. The highest BCUT2D eigenvalue weighted by Gasteiger charge is 2.31. The van der Waals surface area contributed by atoms with Crippen molar-refractivity contribution in [1.82, 2.24) is 4.90 Å². The predicted molar refractivity (Wildman–Crippen MR) is 76.9 cm³/mol. The van der Waals surface area contributed by atoms with E-state index in [0.29, 0.717) is 19.6 Å². The third-order valence-electron chi connectivity index (χ3n) is 3.61. The Balaban J connectivity index is 1.97. The average molecular weight is 278 g/mol. The molecule has 1 heterocycles. The summed E-state index contributed by atoms with van der Waals surface area (Å²) < 4.78 is 11.5. The molecule has 0 bridgehead atoms. The molecule has 2 rings (SSSR count). The Kier molecular flexibility index (Phi) is 4.18. The minimum Gasteiger partial charge on any atom is -0.486 e. The molecule has 0 saturated carbocycles. The number of para-hydroxylation sites is 2. The van der Waals surface area contributed by atoms with Crippen LogP contribution in [-0.2, 0) is 4.79 Å². The van der Waals surface area contributed by atoms with E-state index >= 15 is 0 Å². The van der Waals surface area contributed by atoms with Crippen LogP contribution in [0.4, 0.5) is 0 Å². The number of fused-ring (bicyclic) bond motifs is 1. The number of hydrogen-bond donors (Lipinski definition) is 1. The van der Waals surface area contributed by atoms with Crippen LogP contribution >= 0.6 is 0 Å². The van der Waals surface area contributed by atoms with Gasteiger partial charge in [0.05, 0.1) is 12.1 Å². The van der Waals surface area contributed by atoms with Crippen LogP contribution in [0.1, 0.15) is 20.3 Å². The molecule has 2 unspecified atom stereocenters. The van der Waals surface area contributed by atoms with Crippen LogP contribution in [0.2, 0.25) is 0 Å². The number of ether oxygens (including phenoxy) is 2. The van der Waals surface area contributed by atoms with Crippen LogP contribution in [-0.4, -0.2) is 42.6 Å². The maximum absolute atomic E-state index is 12.2. The summed E-state index contributed by atoms with van der Waals surface area (Å²) in [4.78, 5) is 13.8. The van der Waals surface area contributed by atoms with Crippen molar-refractivity contribution in [2.24, 2.45) is 5.73 Å². The maximum atomic E-state index is 12.2. The lowest BCUT2D eigenvalue weighted by atomic mass is 9.98. The van der Waals surface area contributed by atoms with E-state index in [1.54, 1.807) is 18.9 Å². The molecule has 1 aromatic rings. The van der Waals surface area contributed by atoms with Gasteiger partial charge < -0.3 is 20.1 Å². The van der Waals surface area contributed by atoms with Crippen molar-refractivity contribution in [3.05, 3.63) is 24.3 Å². The molecule has 0 aromatic heterocycles. The van der Waals surface area contributed by atoms with Gasteiger partial charge in [0.2, 0.25) is 5.91 Å². The van der Waals surface area contributed by atoms with E-state index in [1.807, 2.05) is 31.2 Å². The lowest BCUT2D eigenvalue weighted by Crippen LogP contribution is -2.54. The molecule has 110 valence electrons. The summed E-state index contributed by atoms with van der Waals surface area (Å²) in [6.45, 7) is 4.55. The number of rotatable bonds is 4. The second kappa shape index (κ2) is 5.71. The van der Waals surface area contributed by atoms with Crippen molar-refractivity contribution >= 4 is 5.91 Å². The largest absolute Gasteiger partial charge is 0.486 e. The number of hydrogen-bond acceptors (Lipinski definition) is 4. The van der Waals surface area contributed by atoms with Gasteiger partial charge in [-0.3, -0.25) is 4.79 Å². The second-order valence-electron chi connectivity index (χ2n) is 5.45. The van der Waals surface area contributed by atoms with Gasteiger partial charge in [-0.15, -0.1) is 0 Å². The molecule has 1 amide bonds. The summed E-state index contributed by atoms with van der Waals surface area (Å²) in [5, 5.41) is 0. The van der Waals surface area contributed by atoms with Crippen molar-refractivity contribution in [3.63, 3.8) is 0 Å². The number of carbonyl (C=O) groups is 1. The van der Waals surface area contributed by atoms with Gasteiger partial charge in [-0.1, -0.05) is 19.1 Å². The Bertz CT molecular complexity index is 488. The van der Waals surface area contributed by atoms with Crippen LogP contribution in [0.15, 0.2) is 24.3 Å². The van der Waals surface area contributed by atoms with Gasteiger partial charge in [0.25, 0.3) is 0 Å². The van der Waals surface area contributed by atoms with Crippen molar-refractivity contribution < 1.29 is 14.3 Å². The Morgan fingerprint density at radius 2 is 2.10 bits per heavy atom. The fourth-order valence-electron chi connectivity index (χ4n) is 2.13. The van der Waals surface area contributed by atoms with Crippen molar-refractivity contribution in [3.8, 4) is 11.5 Å². The van der Waals surface area contributed by atoms with Crippen LogP contribution in [0.3, 0.4) is 0 Å². The zero-order valence-corrected chi connectivity index (χ0v) is 12.3. The first-order chi connectivity index (χ1) is 9.44. The van der Waals surface area contributed by atoms with Gasteiger partial charge in [0.15, 0.2) is 17.6 Å².